The van der Waals surface area contributed by atoms with Crippen LogP contribution in [0.15, 0.2) is 12.1 Å². The number of carbonyl (C=O) groups is 2. The fraction of sp³-hybridized carbons (Fsp3) is 0.500. The predicted octanol–water partition coefficient (Wildman–Crippen LogP) is 1.25. The molecule has 0 aliphatic carbocycles. The SMILES string of the molecule is CCOC(=O)CN1C(=O)C(C)Oc2c(OCC)cc(CO)cc21. The number of amides is 1. The first-order valence-electron chi connectivity index (χ1n) is 7.56. The van der Waals surface area contributed by atoms with Gasteiger partial charge < -0.3 is 19.3 Å². The lowest BCUT2D eigenvalue weighted by atomic mass is 10.1. The van der Waals surface area contributed by atoms with Crippen LogP contribution in [0.25, 0.3) is 0 Å². The molecule has 1 atom stereocenters. The Morgan fingerprint density at radius 2 is 2.09 bits per heavy atom. The van der Waals surface area contributed by atoms with Crippen molar-refractivity contribution in [1.29, 1.82) is 0 Å². The van der Waals surface area contributed by atoms with E-state index in [1.807, 2.05) is 6.92 Å². The molecule has 1 heterocycles. The molecule has 0 bridgehead atoms. The van der Waals surface area contributed by atoms with Crippen molar-refractivity contribution < 1.29 is 28.9 Å². The minimum atomic E-state index is -0.740. The summed E-state index contributed by atoms with van der Waals surface area (Å²) in [6.45, 7) is 5.35. The molecular formula is C16H21NO6. The molecule has 1 aromatic carbocycles. The number of nitrogens with zero attached hydrogens (tertiary/aromatic N) is 1. The zero-order valence-electron chi connectivity index (χ0n) is 13.5. The molecular weight excluding hydrogens is 302 g/mol. The molecule has 1 amide bonds. The average Bonchev–Trinajstić information content (AvgIpc) is 2.52. The van der Waals surface area contributed by atoms with Crippen molar-refractivity contribution in [2.24, 2.45) is 0 Å². The van der Waals surface area contributed by atoms with E-state index in [-0.39, 0.29) is 25.7 Å². The maximum atomic E-state index is 12.4. The lowest BCUT2D eigenvalue weighted by Crippen LogP contribution is -2.47. The third kappa shape index (κ3) is 3.56. The smallest absolute Gasteiger partial charge is 0.326 e. The predicted molar refractivity (Wildman–Crippen MR) is 82.6 cm³/mol. The third-order valence-corrected chi connectivity index (χ3v) is 3.37. The zero-order chi connectivity index (χ0) is 17.0. The van der Waals surface area contributed by atoms with Gasteiger partial charge in [0.05, 0.1) is 25.5 Å². The van der Waals surface area contributed by atoms with E-state index in [1.54, 1.807) is 26.0 Å². The molecule has 1 aromatic rings. The van der Waals surface area contributed by atoms with Gasteiger partial charge in [0.25, 0.3) is 5.91 Å². The molecule has 1 aliphatic rings. The molecule has 1 unspecified atom stereocenters. The van der Waals surface area contributed by atoms with Gasteiger partial charge in [-0.1, -0.05) is 0 Å². The van der Waals surface area contributed by atoms with Crippen LogP contribution in [0.2, 0.25) is 0 Å². The van der Waals surface area contributed by atoms with Crippen molar-refractivity contribution in [3.8, 4) is 11.5 Å². The number of anilines is 1. The number of esters is 1. The van der Waals surface area contributed by atoms with Crippen molar-refractivity contribution >= 4 is 17.6 Å². The molecule has 1 aliphatic heterocycles. The van der Waals surface area contributed by atoms with Gasteiger partial charge in [-0.15, -0.1) is 0 Å². The third-order valence-electron chi connectivity index (χ3n) is 3.37. The van der Waals surface area contributed by atoms with Crippen molar-refractivity contribution in [2.75, 3.05) is 24.7 Å². The Kier molecular flexibility index (Phi) is 5.44. The summed E-state index contributed by atoms with van der Waals surface area (Å²) in [6, 6.07) is 3.27. The van der Waals surface area contributed by atoms with Crippen LogP contribution in [-0.4, -0.2) is 42.8 Å². The van der Waals surface area contributed by atoms with Crippen LogP contribution in [0.3, 0.4) is 0 Å². The van der Waals surface area contributed by atoms with E-state index in [0.717, 1.165) is 0 Å². The molecule has 0 fully saturated rings. The second-order valence-corrected chi connectivity index (χ2v) is 5.02. The number of aliphatic hydroxyl groups excluding tert-OH is 1. The van der Waals surface area contributed by atoms with Gasteiger partial charge in [0.15, 0.2) is 17.6 Å². The number of hydrogen-bond acceptors (Lipinski definition) is 6. The molecule has 7 heteroatoms. The highest BCUT2D eigenvalue weighted by molar-refractivity contribution is 6.03. The van der Waals surface area contributed by atoms with Gasteiger partial charge in [-0.05, 0) is 38.5 Å². The summed E-state index contributed by atoms with van der Waals surface area (Å²) in [7, 11) is 0. The lowest BCUT2D eigenvalue weighted by molar-refractivity contribution is -0.143. The highest BCUT2D eigenvalue weighted by atomic mass is 16.5. The molecule has 0 saturated carbocycles. The molecule has 0 radical (unpaired) electrons. The Morgan fingerprint density at radius 1 is 1.35 bits per heavy atom. The first-order chi connectivity index (χ1) is 11.0. The van der Waals surface area contributed by atoms with Crippen molar-refractivity contribution in [1.82, 2.24) is 0 Å². The fourth-order valence-corrected chi connectivity index (χ4v) is 2.38. The topological polar surface area (TPSA) is 85.3 Å². The highest BCUT2D eigenvalue weighted by Crippen LogP contribution is 2.43. The maximum Gasteiger partial charge on any atom is 0.326 e. The van der Waals surface area contributed by atoms with Crippen LogP contribution in [0.4, 0.5) is 5.69 Å². The zero-order valence-corrected chi connectivity index (χ0v) is 13.5. The number of benzene rings is 1. The van der Waals surface area contributed by atoms with E-state index in [2.05, 4.69) is 0 Å². The van der Waals surface area contributed by atoms with Crippen molar-refractivity contribution in [3.63, 3.8) is 0 Å². The summed E-state index contributed by atoms with van der Waals surface area (Å²) in [5, 5.41) is 9.41. The molecule has 126 valence electrons. The van der Waals surface area contributed by atoms with Crippen LogP contribution >= 0.6 is 0 Å². The van der Waals surface area contributed by atoms with E-state index < -0.39 is 12.1 Å². The molecule has 7 nitrogen and oxygen atoms in total. The number of aliphatic hydroxyl groups is 1. The molecule has 0 saturated heterocycles. The van der Waals surface area contributed by atoms with Gasteiger partial charge in [0.2, 0.25) is 0 Å². The van der Waals surface area contributed by atoms with Gasteiger partial charge in [-0.25, -0.2) is 0 Å². The van der Waals surface area contributed by atoms with E-state index in [1.165, 1.54) is 4.90 Å². The highest BCUT2D eigenvalue weighted by Gasteiger charge is 2.35. The van der Waals surface area contributed by atoms with Crippen LogP contribution < -0.4 is 14.4 Å². The molecule has 0 spiro atoms. The van der Waals surface area contributed by atoms with Gasteiger partial charge >= 0.3 is 5.97 Å². The first kappa shape index (κ1) is 17.1. The molecule has 23 heavy (non-hydrogen) atoms. The minimum absolute atomic E-state index is 0.214. The van der Waals surface area contributed by atoms with Gasteiger partial charge in [-0.3, -0.25) is 14.5 Å². The van der Waals surface area contributed by atoms with Crippen LogP contribution in [-0.2, 0) is 20.9 Å². The van der Waals surface area contributed by atoms with Gasteiger partial charge in [0.1, 0.15) is 6.54 Å². The van der Waals surface area contributed by atoms with Crippen LogP contribution in [0, 0.1) is 0 Å². The fourth-order valence-electron chi connectivity index (χ4n) is 2.38. The van der Waals surface area contributed by atoms with Crippen LogP contribution in [0.1, 0.15) is 26.3 Å². The Bertz CT molecular complexity index is 600. The average molecular weight is 323 g/mol. The Balaban J connectivity index is 2.47. The summed E-state index contributed by atoms with van der Waals surface area (Å²) >= 11 is 0. The molecule has 2 rings (SSSR count). The maximum absolute atomic E-state index is 12.4. The number of fused-ring (bicyclic) bond motifs is 1. The number of rotatable bonds is 6. The largest absolute Gasteiger partial charge is 0.490 e. The Morgan fingerprint density at radius 3 is 2.70 bits per heavy atom. The van der Waals surface area contributed by atoms with Gasteiger partial charge in [0, 0.05) is 0 Å². The van der Waals surface area contributed by atoms with E-state index >= 15 is 0 Å². The second kappa shape index (κ2) is 7.32. The normalized spacial score (nSPS) is 16.6. The monoisotopic (exact) mass is 323 g/mol. The summed E-state index contributed by atoms with van der Waals surface area (Å²) in [4.78, 5) is 25.5. The van der Waals surface area contributed by atoms with Crippen molar-refractivity contribution in [3.05, 3.63) is 17.7 Å². The first-order valence-corrected chi connectivity index (χ1v) is 7.56. The summed E-state index contributed by atoms with van der Waals surface area (Å²) < 4.78 is 16.1. The quantitative estimate of drug-likeness (QED) is 0.793. The van der Waals surface area contributed by atoms with E-state index in [9.17, 15) is 14.7 Å². The van der Waals surface area contributed by atoms with Crippen LogP contribution in [0.5, 0.6) is 11.5 Å². The molecule has 1 N–H and O–H groups in total. The summed E-state index contributed by atoms with van der Waals surface area (Å²) in [6.07, 6.45) is -0.740. The number of ether oxygens (including phenoxy) is 3. The number of hydrogen-bond donors (Lipinski definition) is 1. The van der Waals surface area contributed by atoms with E-state index in [4.69, 9.17) is 14.2 Å². The summed E-state index contributed by atoms with van der Waals surface area (Å²) in [5.41, 5.74) is 0.961. The Hall–Kier alpha value is -2.28. The van der Waals surface area contributed by atoms with Crippen molar-refractivity contribution in [2.45, 2.75) is 33.5 Å². The van der Waals surface area contributed by atoms with Gasteiger partial charge in [-0.2, -0.15) is 0 Å². The standard InChI is InChI=1S/C16H21NO6/c1-4-21-13-7-11(9-18)6-12-15(13)23-10(3)16(20)17(12)8-14(19)22-5-2/h6-7,10,18H,4-5,8-9H2,1-3H3. The lowest BCUT2D eigenvalue weighted by Gasteiger charge is -2.33. The number of carbonyl (C=O) groups excluding carboxylic acids is 2. The Labute approximate surface area is 134 Å². The molecule has 0 aromatic heterocycles. The van der Waals surface area contributed by atoms with E-state index in [0.29, 0.717) is 29.4 Å². The second-order valence-electron chi connectivity index (χ2n) is 5.02. The minimum Gasteiger partial charge on any atom is -0.490 e. The summed E-state index contributed by atoms with van der Waals surface area (Å²) in [5.74, 6) is -0.0286.